The maximum absolute atomic E-state index is 13.7. The first-order valence-corrected chi connectivity index (χ1v) is 5.73. The molecule has 1 aliphatic rings. The lowest BCUT2D eigenvalue weighted by Gasteiger charge is -2.06. The smallest absolute Gasteiger partial charge is 0.134 e. The van der Waals surface area contributed by atoms with Gasteiger partial charge in [0.15, 0.2) is 0 Å². The maximum atomic E-state index is 13.7. The molecule has 92 valence electrons. The Morgan fingerprint density at radius 3 is 2.61 bits per heavy atom. The van der Waals surface area contributed by atoms with Crippen LogP contribution in [0.15, 0.2) is 24.3 Å². The van der Waals surface area contributed by atoms with Crippen LogP contribution in [0.25, 0.3) is 11.3 Å². The third kappa shape index (κ3) is 2.03. The fourth-order valence-corrected chi connectivity index (χ4v) is 1.84. The molecular weight excluding hydrogens is 236 g/mol. The highest BCUT2D eigenvalue weighted by molar-refractivity contribution is 5.62. The molecule has 0 saturated heterocycles. The number of nitrogen functional groups attached to an aromatic ring is 1. The summed E-state index contributed by atoms with van der Waals surface area (Å²) in [5.74, 6) is 0.191. The van der Waals surface area contributed by atoms with Gasteiger partial charge < -0.3 is 5.73 Å². The first-order valence-electron chi connectivity index (χ1n) is 5.73. The molecule has 0 spiro atoms. The summed E-state index contributed by atoms with van der Waals surface area (Å²) >= 11 is 0. The number of nitrogens with two attached hydrogens (primary N) is 1. The number of halogens is 2. The van der Waals surface area contributed by atoms with Gasteiger partial charge in [0, 0.05) is 17.5 Å². The summed E-state index contributed by atoms with van der Waals surface area (Å²) in [6, 6.07) is 4.74. The predicted molar refractivity (Wildman–Crippen MR) is 63.8 cm³/mol. The summed E-state index contributed by atoms with van der Waals surface area (Å²) in [6.07, 6.45) is 2.04. The molecule has 1 heterocycles. The largest absolute Gasteiger partial charge is 0.384 e. The quantitative estimate of drug-likeness (QED) is 0.887. The first kappa shape index (κ1) is 11.1. The number of rotatable bonds is 2. The van der Waals surface area contributed by atoms with Crippen molar-refractivity contribution in [1.82, 2.24) is 9.97 Å². The van der Waals surface area contributed by atoms with Gasteiger partial charge in [0.2, 0.25) is 0 Å². The lowest BCUT2D eigenvalue weighted by atomic mass is 10.1. The molecular formula is C13H11F2N3. The molecule has 2 N–H and O–H groups in total. The maximum Gasteiger partial charge on any atom is 0.134 e. The Labute approximate surface area is 103 Å². The van der Waals surface area contributed by atoms with Gasteiger partial charge in [0.25, 0.3) is 0 Å². The Kier molecular flexibility index (Phi) is 2.47. The van der Waals surface area contributed by atoms with Crippen LogP contribution in [0, 0.1) is 11.6 Å². The number of anilines is 1. The van der Waals surface area contributed by atoms with Gasteiger partial charge in [-0.2, -0.15) is 0 Å². The topological polar surface area (TPSA) is 51.8 Å². The minimum absolute atomic E-state index is 0.117. The van der Waals surface area contributed by atoms with Crippen molar-refractivity contribution in [2.24, 2.45) is 0 Å². The monoisotopic (exact) mass is 247 g/mol. The summed E-state index contributed by atoms with van der Waals surface area (Å²) in [5.41, 5.74) is 6.13. The van der Waals surface area contributed by atoms with E-state index in [-0.39, 0.29) is 11.4 Å². The van der Waals surface area contributed by atoms with Crippen molar-refractivity contribution >= 4 is 5.82 Å². The number of hydrogen-bond acceptors (Lipinski definition) is 3. The van der Waals surface area contributed by atoms with Crippen LogP contribution in [-0.2, 0) is 0 Å². The highest BCUT2D eigenvalue weighted by Crippen LogP contribution is 2.39. The lowest BCUT2D eigenvalue weighted by Crippen LogP contribution is -2.01. The van der Waals surface area contributed by atoms with Gasteiger partial charge in [0.1, 0.15) is 23.3 Å². The van der Waals surface area contributed by atoms with Crippen molar-refractivity contribution in [2.45, 2.75) is 18.8 Å². The summed E-state index contributed by atoms with van der Waals surface area (Å²) in [4.78, 5) is 8.39. The van der Waals surface area contributed by atoms with Gasteiger partial charge >= 0.3 is 0 Å². The van der Waals surface area contributed by atoms with E-state index in [1.165, 1.54) is 6.07 Å². The minimum atomic E-state index is -0.517. The van der Waals surface area contributed by atoms with Crippen molar-refractivity contribution < 1.29 is 8.78 Å². The van der Waals surface area contributed by atoms with E-state index in [9.17, 15) is 8.78 Å². The van der Waals surface area contributed by atoms with Crippen molar-refractivity contribution in [3.8, 4) is 11.3 Å². The molecule has 1 saturated carbocycles. The summed E-state index contributed by atoms with van der Waals surface area (Å²) < 4.78 is 26.8. The zero-order valence-corrected chi connectivity index (χ0v) is 9.53. The van der Waals surface area contributed by atoms with Crippen LogP contribution in [-0.4, -0.2) is 9.97 Å². The fraction of sp³-hybridized carbons (Fsp3) is 0.231. The van der Waals surface area contributed by atoms with Gasteiger partial charge in [-0.3, -0.25) is 0 Å². The molecule has 0 atom stereocenters. The highest BCUT2D eigenvalue weighted by Gasteiger charge is 2.27. The zero-order chi connectivity index (χ0) is 12.7. The van der Waals surface area contributed by atoms with Crippen LogP contribution in [0.4, 0.5) is 14.6 Å². The van der Waals surface area contributed by atoms with Crippen LogP contribution < -0.4 is 5.73 Å². The third-order valence-corrected chi connectivity index (χ3v) is 2.91. The Hall–Kier alpha value is -2.04. The van der Waals surface area contributed by atoms with E-state index in [0.717, 1.165) is 31.0 Å². The number of aromatic nitrogens is 2. The van der Waals surface area contributed by atoms with E-state index >= 15 is 0 Å². The van der Waals surface area contributed by atoms with Crippen molar-refractivity contribution in [3.05, 3.63) is 41.7 Å². The summed E-state index contributed by atoms with van der Waals surface area (Å²) in [5, 5.41) is 0. The van der Waals surface area contributed by atoms with E-state index in [1.54, 1.807) is 0 Å². The molecule has 2 aromatic rings. The van der Waals surface area contributed by atoms with Gasteiger partial charge in [-0.15, -0.1) is 0 Å². The number of benzene rings is 1. The van der Waals surface area contributed by atoms with Crippen molar-refractivity contribution in [1.29, 1.82) is 0 Å². The Bertz CT molecular complexity index is 609. The molecule has 0 unspecified atom stereocenters. The Balaban J connectivity index is 2.12. The molecule has 1 aromatic heterocycles. The molecule has 5 heteroatoms. The van der Waals surface area contributed by atoms with Gasteiger partial charge in [-0.1, -0.05) is 0 Å². The SMILES string of the molecule is Nc1cc(-c2cc(F)ccc2F)nc(C2CC2)n1. The molecule has 1 aliphatic carbocycles. The molecule has 0 bridgehead atoms. The molecule has 18 heavy (non-hydrogen) atoms. The van der Waals surface area contributed by atoms with Crippen LogP contribution in [0.5, 0.6) is 0 Å². The van der Waals surface area contributed by atoms with Crippen molar-refractivity contribution in [3.63, 3.8) is 0 Å². The van der Waals surface area contributed by atoms with E-state index in [0.29, 0.717) is 17.4 Å². The van der Waals surface area contributed by atoms with E-state index in [2.05, 4.69) is 9.97 Å². The number of hydrogen-bond donors (Lipinski definition) is 1. The standard InChI is InChI=1S/C13H11F2N3/c14-8-3-4-10(15)9(5-8)11-6-12(16)18-13(17-11)7-1-2-7/h3-7H,1-2H2,(H2,16,17,18). The molecule has 0 aliphatic heterocycles. The van der Waals surface area contributed by atoms with Crippen LogP contribution in [0.3, 0.4) is 0 Å². The first-order chi connectivity index (χ1) is 8.63. The van der Waals surface area contributed by atoms with Crippen LogP contribution in [0.2, 0.25) is 0 Å². The lowest BCUT2D eigenvalue weighted by molar-refractivity contribution is 0.602. The second-order valence-electron chi connectivity index (χ2n) is 4.43. The molecule has 1 fully saturated rings. The normalized spacial score (nSPS) is 14.8. The minimum Gasteiger partial charge on any atom is -0.384 e. The second kappa shape index (κ2) is 4.01. The fourth-order valence-electron chi connectivity index (χ4n) is 1.84. The van der Waals surface area contributed by atoms with Crippen LogP contribution >= 0.6 is 0 Å². The predicted octanol–water partition coefficient (Wildman–Crippen LogP) is 2.88. The summed E-state index contributed by atoms with van der Waals surface area (Å²) in [6.45, 7) is 0. The van der Waals surface area contributed by atoms with E-state index < -0.39 is 11.6 Å². The second-order valence-corrected chi connectivity index (χ2v) is 4.43. The summed E-state index contributed by atoms with van der Waals surface area (Å²) in [7, 11) is 0. The Morgan fingerprint density at radius 2 is 1.89 bits per heavy atom. The zero-order valence-electron chi connectivity index (χ0n) is 9.53. The molecule has 3 nitrogen and oxygen atoms in total. The van der Waals surface area contributed by atoms with E-state index in [4.69, 9.17) is 5.73 Å². The van der Waals surface area contributed by atoms with Crippen LogP contribution in [0.1, 0.15) is 24.6 Å². The average molecular weight is 247 g/mol. The van der Waals surface area contributed by atoms with Crippen molar-refractivity contribution in [2.75, 3.05) is 5.73 Å². The third-order valence-electron chi connectivity index (χ3n) is 2.91. The van der Waals surface area contributed by atoms with E-state index in [1.807, 2.05) is 0 Å². The van der Waals surface area contributed by atoms with Gasteiger partial charge in [0.05, 0.1) is 5.69 Å². The molecule has 1 aromatic carbocycles. The average Bonchev–Trinajstić information content (AvgIpc) is 3.15. The molecule has 0 radical (unpaired) electrons. The number of nitrogens with zero attached hydrogens (tertiary/aromatic N) is 2. The van der Waals surface area contributed by atoms with Gasteiger partial charge in [-0.25, -0.2) is 18.7 Å². The molecule has 0 amide bonds. The molecule has 3 rings (SSSR count). The van der Waals surface area contributed by atoms with Gasteiger partial charge in [-0.05, 0) is 31.0 Å². The Morgan fingerprint density at radius 1 is 1.11 bits per heavy atom. The highest BCUT2D eigenvalue weighted by atomic mass is 19.1.